The Morgan fingerprint density at radius 2 is 2.05 bits per heavy atom. The van der Waals surface area contributed by atoms with Gasteiger partial charge >= 0.3 is 0 Å². The number of nitrogens with zero attached hydrogens (tertiary/aromatic N) is 2. The van der Waals surface area contributed by atoms with E-state index in [0.29, 0.717) is 16.9 Å². The van der Waals surface area contributed by atoms with E-state index in [1.807, 2.05) is 0 Å². The quantitative estimate of drug-likeness (QED) is 0.861. The lowest BCUT2D eigenvalue weighted by atomic mass is 10.2. The van der Waals surface area contributed by atoms with E-state index in [-0.39, 0.29) is 16.2 Å². The average molecular weight is 296 g/mol. The van der Waals surface area contributed by atoms with Crippen LogP contribution in [-0.2, 0) is 0 Å². The van der Waals surface area contributed by atoms with Crippen molar-refractivity contribution in [2.24, 2.45) is 0 Å². The highest BCUT2D eigenvalue weighted by atomic mass is 35.5. The molecule has 0 saturated carbocycles. The number of hydrogen-bond acceptors (Lipinski definition) is 3. The molecule has 1 amide bonds. The van der Waals surface area contributed by atoms with Crippen LogP contribution in [0.3, 0.4) is 0 Å². The smallest absolute Gasteiger partial charge is 0.257 e. The van der Waals surface area contributed by atoms with Crippen molar-refractivity contribution in [2.75, 3.05) is 5.32 Å². The zero-order valence-electron chi connectivity index (χ0n) is 10.4. The highest BCUT2D eigenvalue weighted by molar-refractivity contribution is 6.35. The van der Waals surface area contributed by atoms with Gasteiger partial charge in [-0.3, -0.25) is 9.78 Å². The van der Waals surface area contributed by atoms with Crippen molar-refractivity contribution in [1.29, 1.82) is 0 Å². The van der Waals surface area contributed by atoms with Crippen molar-refractivity contribution in [3.63, 3.8) is 0 Å². The van der Waals surface area contributed by atoms with Crippen molar-refractivity contribution < 1.29 is 4.79 Å². The van der Waals surface area contributed by atoms with Crippen LogP contribution in [0.4, 0.5) is 5.69 Å². The normalized spacial score (nSPS) is 10.3. The third kappa shape index (κ3) is 3.03. The first-order valence-electron chi connectivity index (χ1n) is 5.54. The van der Waals surface area contributed by atoms with Crippen molar-refractivity contribution in [2.45, 2.75) is 13.8 Å². The maximum absolute atomic E-state index is 12.2. The molecule has 0 radical (unpaired) electrons. The predicted octanol–water partition coefficient (Wildman–Crippen LogP) is 3.65. The lowest BCUT2D eigenvalue weighted by Crippen LogP contribution is -2.15. The molecule has 2 aromatic rings. The lowest BCUT2D eigenvalue weighted by molar-refractivity contribution is 0.102. The van der Waals surface area contributed by atoms with Crippen LogP contribution in [-0.4, -0.2) is 15.9 Å². The molecule has 0 saturated heterocycles. The zero-order chi connectivity index (χ0) is 14.0. The molecule has 1 N–H and O–H groups in total. The lowest BCUT2D eigenvalue weighted by Gasteiger charge is -2.11. The Morgan fingerprint density at radius 1 is 1.32 bits per heavy atom. The number of nitrogens with one attached hydrogen (secondary N) is 1. The molecule has 0 aliphatic carbocycles. The Kier molecular flexibility index (Phi) is 4.02. The van der Waals surface area contributed by atoms with Crippen molar-refractivity contribution in [1.82, 2.24) is 9.97 Å². The second kappa shape index (κ2) is 5.55. The summed E-state index contributed by atoms with van der Waals surface area (Å²) in [6.07, 6.45) is 1.63. The summed E-state index contributed by atoms with van der Waals surface area (Å²) in [4.78, 5) is 20.1. The van der Waals surface area contributed by atoms with Crippen LogP contribution >= 0.6 is 23.2 Å². The van der Waals surface area contributed by atoms with Crippen LogP contribution in [0.2, 0.25) is 10.3 Å². The molecule has 4 nitrogen and oxygen atoms in total. The first kappa shape index (κ1) is 13.8. The minimum absolute atomic E-state index is 0.167. The Morgan fingerprint density at radius 3 is 2.68 bits per heavy atom. The van der Waals surface area contributed by atoms with E-state index < -0.39 is 0 Å². The number of hydrogen-bond donors (Lipinski definition) is 1. The van der Waals surface area contributed by atoms with Gasteiger partial charge in [0.15, 0.2) is 5.15 Å². The van der Waals surface area contributed by atoms with Gasteiger partial charge in [-0.05, 0) is 37.6 Å². The van der Waals surface area contributed by atoms with Crippen molar-refractivity contribution in [3.05, 3.63) is 51.5 Å². The van der Waals surface area contributed by atoms with Gasteiger partial charge in [0.25, 0.3) is 5.91 Å². The summed E-state index contributed by atoms with van der Waals surface area (Å²) in [5.41, 5.74) is 2.35. The molecule has 98 valence electrons. The maximum atomic E-state index is 12.2. The summed E-state index contributed by atoms with van der Waals surface area (Å²) < 4.78 is 0. The number of halogens is 2. The third-order valence-corrected chi connectivity index (χ3v) is 3.10. The fraction of sp³-hybridized carbons (Fsp3) is 0.154. The first-order valence-corrected chi connectivity index (χ1v) is 6.30. The fourth-order valence-corrected chi connectivity index (χ4v) is 2.23. The molecule has 6 heteroatoms. The summed E-state index contributed by atoms with van der Waals surface area (Å²) >= 11 is 11.8. The van der Waals surface area contributed by atoms with E-state index in [0.717, 1.165) is 5.56 Å². The predicted molar refractivity (Wildman–Crippen MR) is 75.9 cm³/mol. The molecule has 0 fully saturated rings. The van der Waals surface area contributed by atoms with E-state index in [1.54, 1.807) is 38.2 Å². The van der Waals surface area contributed by atoms with Gasteiger partial charge in [0.1, 0.15) is 5.15 Å². The molecule has 0 aromatic carbocycles. The number of aryl methyl sites for hydroxylation is 2. The van der Waals surface area contributed by atoms with Crippen LogP contribution in [0.25, 0.3) is 0 Å². The number of aromatic nitrogens is 2. The SMILES string of the molecule is Cc1cc(Cl)nc(Cl)c1NC(=O)c1cccnc1C. The summed E-state index contributed by atoms with van der Waals surface area (Å²) in [6, 6.07) is 5.04. The van der Waals surface area contributed by atoms with Gasteiger partial charge in [-0.1, -0.05) is 23.2 Å². The molecular formula is C13H11Cl2N3O. The van der Waals surface area contributed by atoms with Gasteiger partial charge in [-0.15, -0.1) is 0 Å². The molecule has 2 aromatic heterocycles. The van der Waals surface area contributed by atoms with E-state index >= 15 is 0 Å². The van der Waals surface area contributed by atoms with Crippen LogP contribution in [0.15, 0.2) is 24.4 Å². The Balaban J connectivity index is 2.32. The Labute approximate surface area is 120 Å². The van der Waals surface area contributed by atoms with E-state index in [1.165, 1.54) is 0 Å². The maximum Gasteiger partial charge on any atom is 0.257 e. The van der Waals surface area contributed by atoms with Crippen molar-refractivity contribution in [3.8, 4) is 0 Å². The summed E-state index contributed by atoms with van der Waals surface area (Å²) in [5.74, 6) is -0.278. The number of carbonyl (C=O) groups is 1. The average Bonchev–Trinajstić information content (AvgIpc) is 2.34. The van der Waals surface area contributed by atoms with E-state index in [4.69, 9.17) is 23.2 Å². The van der Waals surface area contributed by atoms with E-state index in [2.05, 4.69) is 15.3 Å². The van der Waals surface area contributed by atoms with Crippen LogP contribution < -0.4 is 5.32 Å². The molecule has 2 rings (SSSR count). The summed E-state index contributed by atoms with van der Waals surface area (Å²) in [7, 11) is 0. The van der Waals surface area contributed by atoms with Gasteiger partial charge in [-0.25, -0.2) is 4.98 Å². The second-order valence-electron chi connectivity index (χ2n) is 4.02. The highest BCUT2D eigenvalue weighted by Crippen LogP contribution is 2.27. The third-order valence-electron chi connectivity index (χ3n) is 2.63. The molecule has 0 aliphatic rings. The van der Waals surface area contributed by atoms with Crippen molar-refractivity contribution >= 4 is 34.8 Å². The van der Waals surface area contributed by atoms with Gasteiger partial charge in [0.05, 0.1) is 11.3 Å². The van der Waals surface area contributed by atoms with Crippen LogP contribution in [0, 0.1) is 13.8 Å². The van der Waals surface area contributed by atoms with Gasteiger partial charge in [-0.2, -0.15) is 0 Å². The topological polar surface area (TPSA) is 54.9 Å². The molecular weight excluding hydrogens is 285 g/mol. The Bertz CT molecular complexity index is 621. The molecule has 0 atom stereocenters. The number of rotatable bonds is 2. The van der Waals surface area contributed by atoms with E-state index in [9.17, 15) is 4.79 Å². The molecule has 0 bridgehead atoms. The minimum Gasteiger partial charge on any atom is -0.319 e. The molecule has 2 heterocycles. The van der Waals surface area contributed by atoms with Crippen LogP contribution in [0.5, 0.6) is 0 Å². The minimum atomic E-state index is -0.278. The standard InChI is InChI=1S/C13H11Cl2N3O/c1-7-6-10(14)17-12(15)11(7)18-13(19)9-4-3-5-16-8(9)2/h3-6H,1-2H3,(H,18,19). The molecule has 0 spiro atoms. The van der Waals surface area contributed by atoms with Gasteiger partial charge in [0.2, 0.25) is 0 Å². The zero-order valence-corrected chi connectivity index (χ0v) is 11.9. The molecule has 19 heavy (non-hydrogen) atoms. The Hall–Kier alpha value is -1.65. The molecule has 0 aliphatic heterocycles. The van der Waals surface area contributed by atoms with Crippen LogP contribution in [0.1, 0.15) is 21.6 Å². The first-order chi connectivity index (χ1) is 8.99. The van der Waals surface area contributed by atoms with Gasteiger partial charge in [0, 0.05) is 11.9 Å². The monoisotopic (exact) mass is 295 g/mol. The van der Waals surface area contributed by atoms with Gasteiger partial charge < -0.3 is 5.32 Å². The second-order valence-corrected chi connectivity index (χ2v) is 4.76. The largest absolute Gasteiger partial charge is 0.319 e. The number of amides is 1. The molecule has 0 unspecified atom stereocenters. The summed E-state index contributed by atoms with van der Waals surface area (Å²) in [6.45, 7) is 3.56. The fourth-order valence-electron chi connectivity index (χ4n) is 1.65. The number of carbonyl (C=O) groups excluding carboxylic acids is 1. The number of anilines is 1. The highest BCUT2D eigenvalue weighted by Gasteiger charge is 2.14. The summed E-state index contributed by atoms with van der Waals surface area (Å²) in [5, 5.41) is 3.19. The number of pyridine rings is 2.